The van der Waals surface area contributed by atoms with Crippen molar-refractivity contribution < 1.29 is 17.9 Å². The molecular formula is C17H25ClN2O4S. The lowest BCUT2D eigenvalue weighted by Crippen LogP contribution is -2.43. The third kappa shape index (κ3) is 4.86. The number of methoxy groups -OCH3 is 1. The van der Waals surface area contributed by atoms with Crippen LogP contribution in [0.2, 0.25) is 5.02 Å². The van der Waals surface area contributed by atoms with E-state index in [1.54, 1.807) is 38.0 Å². The number of carbonyl (C=O) groups excluding carboxylic acids is 1. The second-order valence-electron chi connectivity index (χ2n) is 6.78. The number of halogens is 1. The van der Waals surface area contributed by atoms with Gasteiger partial charge in [0.2, 0.25) is 0 Å². The highest BCUT2D eigenvalue weighted by molar-refractivity contribution is 7.92. The number of sulfone groups is 1. The molecule has 1 aliphatic heterocycles. The Kier molecular flexibility index (Phi) is 6.35. The van der Waals surface area contributed by atoms with E-state index in [1.165, 1.54) is 0 Å². The van der Waals surface area contributed by atoms with Gasteiger partial charge < -0.3 is 15.0 Å². The molecule has 0 spiro atoms. The van der Waals surface area contributed by atoms with Crippen molar-refractivity contribution in [2.45, 2.75) is 31.1 Å². The molecule has 2 amide bonds. The van der Waals surface area contributed by atoms with Crippen LogP contribution in [0.3, 0.4) is 0 Å². The van der Waals surface area contributed by atoms with Crippen LogP contribution >= 0.6 is 11.6 Å². The lowest BCUT2D eigenvalue weighted by Gasteiger charge is -2.24. The first-order valence-corrected chi connectivity index (χ1v) is 10.2. The average Bonchev–Trinajstić information content (AvgIpc) is 2.66. The van der Waals surface area contributed by atoms with E-state index in [-0.39, 0.29) is 24.4 Å². The van der Waals surface area contributed by atoms with E-state index in [0.29, 0.717) is 24.5 Å². The summed E-state index contributed by atoms with van der Waals surface area (Å²) in [5.41, 5.74) is 0.909. The zero-order valence-corrected chi connectivity index (χ0v) is 16.4. The molecule has 0 saturated carbocycles. The SMILES string of the molecule is COC(CNC(=O)N1CCC(C)(C)S(=O)(=O)CC1)c1ccc(Cl)cc1. The fourth-order valence-electron chi connectivity index (χ4n) is 2.69. The maximum atomic E-state index is 12.4. The van der Waals surface area contributed by atoms with Gasteiger partial charge >= 0.3 is 6.03 Å². The summed E-state index contributed by atoms with van der Waals surface area (Å²) >= 11 is 5.88. The molecule has 1 unspecified atom stereocenters. The van der Waals surface area contributed by atoms with Gasteiger partial charge in [0.25, 0.3) is 0 Å². The van der Waals surface area contributed by atoms with Crippen molar-refractivity contribution >= 4 is 27.5 Å². The first-order valence-electron chi connectivity index (χ1n) is 8.19. The van der Waals surface area contributed by atoms with Crippen molar-refractivity contribution in [1.82, 2.24) is 10.2 Å². The Hall–Kier alpha value is -1.31. The summed E-state index contributed by atoms with van der Waals surface area (Å²) in [5, 5.41) is 3.47. The van der Waals surface area contributed by atoms with Crippen LogP contribution in [-0.4, -0.2) is 56.6 Å². The molecule has 1 heterocycles. The Morgan fingerprint density at radius 1 is 1.32 bits per heavy atom. The number of hydrogen-bond donors (Lipinski definition) is 1. The number of benzene rings is 1. The van der Waals surface area contributed by atoms with Crippen molar-refractivity contribution in [3.05, 3.63) is 34.9 Å². The van der Waals surface area contributed by atoms with Gasteiger partial charge in [0.05, 0.1) is 16.6 Å². The van der Waals surface area contributed by atoms with E-state index in [2.05, 4.69) is 5.32 Å². The molecule has 2 rings (SSSR count). The monoisotopic (exact) mass is 388 g/mol. The maximum absolute atomic E-state index is 12.4. The zero-order chi connectivity index (χ0) is 18.7. The molecule has 1 atom stereocenters. The number of rotatable bonds is 4. The third-order valence-electron chi connectivity index (χ3n) is 4.71. The van der Waals surface area contributed by atoms with Crippen molar-refractivity contribution in [3.63, 3.8) is 0 Å². The highest BCUT2D eigenvalue weighted by atomic mass is 35.5. The van der Waals surface area contributed by atoms with Crippen LogP contribution < -0.4 is 5.32 Å². The fraction of sp³-hybridized carbons (Fsp3) is 0.588. The van der Waals surface area contributed by atoms with Crippen LogP contribution in [0.1, 0.15) is 31.9 Å². The van der Waals surface area contributed by atoms with E-state index < -0.39 is 14.6 Å². The van der Waals surface area contributed by atoms with E-state index in [9.17, 15) is 13.2 Å². The molecule has 0 radical (unpaired) electrons. The van der Waals surface area contributed by atoms with E-state index in [4.69, 9.17) is 16.3 Å². The standard InChI is InChI=1S/C17H25ClN2O4S/c1-17(2)8-9-20(10-11-25(17,22)23)16(21)19-12-15(24-3)13-4-6-14(18)7-5-13/h4-7,15H,8-12H2,1-3H3,(H,19,21). The summed E-state index contributed by atoms with van der Waals surface area (Å²) in [6, 6.07) is 6.97. The largest absolute Gasteiger partial charge is 0.375 e. The van der Waals surface area contributed by atoms with Gasteiger partial charge in [0.1, 0.15) is 0 Å². The molecular weight excluding hydrogens is 364 g/mol. The third-order valence-corrected chi connectivity index (χ3v) is 7.57. The highest BCUT2D eigenvalue weighted by Gasteiger charge is 2.38. The second kappa shape index (κ2) is 7.93. The highest BCUT2D eigenvalue weighted by Crippen LogP contribution is 2.25. The summed E-state index contributed by atoms with van der Waals surface area (Å²) < 4.78 is 29.1. The Bertz CT molecular complexity index is 704. The Morgan fingerprint density at radius 2 is 1.96 bits per heavy atom. The number of urea groups is 1. The lowest BCUT2D eigenvalue weighted by molar-refractivity contribution is 0.101. The molecule has 1 aromatic carbocycles. The van der Waals surface area contributed by atoms with E-state index in [0.717, 1.165) is 5.56 Å². The van der Waals surface area contributed by atoms with Gasteiger partial charge in [-0.1, -0.05) is 23.7 Å². The maximum Gasteiger partial charge on any atom is 0.317 e. The molecule has 25 heavy (non-hydrogen) atoms. The number of nitrogens with one attached hydrogen (secondary N) is 1. The Balaban J connectivity index is 1.96. The average molecular weight is 389 g/mol. The summed E-state index contributed by atoms with van der Waals surface area (Å²) in [5.74, 6) is -0.0156. The molecule has 1 fully saturated rings. The number of ether oxygens (including phenoxy) is 1. The van der Waals surface area contributed by atoms with Crippen molar-refractivity contribution in [1.29, 1.82) is 0 Å². The number of carbonyl (C=O) groups is 1. The first-order chi connectivity index (χ1) is 11.7. The zero-order valence-electron chi connectivity index (χ0n) is 14.8. The molecule has 0 aromatic heterocycles. The second-order valence-corrected chi connectivity index (χ2v) is 9.96. The van der Waals surface area contributed by atoms with Crippen molar-refractivity contribution in [3.8, 4) is 0 Å². The molecule has 0 bridgehead atoms. The van der Waals surface area contributed by atoms with Gasteiger partial charge in [-0.3, -0.25) is 0 Å². The minimum Gasteiger partial charge on any atom is -0.375 e. The van der Waals surface area contributed by atoms with Crippen LogP contribution in [0.5, 0.6) is 0 Å². The molecule has 1 N–H and O–H groups in total. The summed E-state index contributed by atoms with van der Waals surface area (Å²) in [4.78, 5) is 14.0. The van der Waals surface area contributed by atoms with Crippen LogP contribution in [-0.2, 0) is 14.6 Å². The topological polar surface area (TPSA) is 75.7 Å². The summed E-state index contributed by atoms with van der Waals surface area (Å²) in [6.07, 6.45) is 0.126. The van der Waals surface area contributed by atoms with Gasteiger partial charge in [-0.2, -0.15) is 0 Å². The van der Waals surface area contributed by atoms with Crippen LogP contribution in [0.4, 0.5) is 4.79 Å². The molecule has 1 aromatic rings. The summed E-state index contributed by atoms with van der Waals surface area (Å²) in [7, 11) is -1.63. The molecule has 6 nitrogen and oxygen atoms in total. The van der Waals surface area contributed by atoms with Crippen LogP contribution in [0.25, 0.3) is 0 Å². The van der Waals surface area contributed by atoms with Gasteiger partial charge in [0, 0.05) is 31.8 Å². The van der Waals surface area contributed by atoms with E-state index >= 15 is 0 Å². The molecule has 1 saturated heterocycles. The van der Waals surface area contributed by atoms with Gasteiger partial charge in [-0.05, 0) is 38.0 Å². The molecule has 8 heteroatoms. The van der Waals surface area contributed by atoms with Crippen molar-refractivity contribution in [2.75, 3.05) is 32.5 Å². The minimum absolute atomic E-state index is 0.0156. The van der Waals surface area contributed by atoms with Gasteiger partial charge in [-0.25, -0.2) is 13.2 Å². The van der Waals surface area contributed by atoms with Gasteiger partial charge in [-0.15, -0.1) is 0 Å². The Labute approximate surface area is 154 Å². The molecule has 0 aliphatic carbocycles. The summed E-state index contributed by atoms with van der Waals surface area (Å²) in [6.45, 7) is 4.34. The number of amides is 2. The molecule has 1 aliphatic rings. The molecule has 140 valence electrons. The van der Waals surface area contributed by atoms with Crippen molar-refractivity contribution in [2.24, 2.45) is 0 Å². The number of hydrogen-bond acceptors (Lipinski definition) is 4. The Morgan fingerprint density at radius 3 is 2.56 bits per heavy atom. The lowest BCUT2D eigenvalue weighted by atomic mass is 10.1. The minimum atomic E-state index is -3.21. The number of nitrogens with zero attached hydrogens (tertiary/aromatic N) is 1. The smallest absolute Gasteiger partial charge is 0.317 e. The fourth-order valence-corrected chi connectivity index (χ4v) is 4.23. The van der Waals surface area contributed by atoms with Crippen LogP contribution in [0.15, 0.2) is 24.3 Å². The predicted molar refractivity (Wildman–Crippen MR) is 98.7 cm³/mol. The quantitative estimate of drug-likeness (QED) is 0.860. The van der Waals surface area contributed by atoms with Gasteiger partial charge in [0.15, 0.2) is 9.84 Å². The van der Waals surface area contributed by atoms with E-state index in [1.807, 2.05) is 12.1 Å². The predicted octanol–water partition coefficient (Wildman–Crippen LogP) is 2.64. The van der Waals surface area contributed by atoms with Crippen LogP contribution in [0, 0.1) is 0 Å². The first kappa shape index (κ1) is 20.0. The normalized spacial score (nSPS) is 20.6.